The standard InChI is InChI=1S/C15H20BrNO2/c1-19-10-12(16)9-17-15(18)14-8-4-6-11-5-2-3-7-13(11)14/h2-3,5,7,12,14H,4,6,8-10H2,1H3,(H,17,18). The van der Waals surface area contributed by atoms with E-state index in [4.69, 9.17) is 4.74 Å². The first-order valence-electron chi connectivity index (χ1n) is 6.71. The van der Waals surface area contributed by atoms with Gasteiger partial charge in [0.05, 0.1) is 17.4 Å². The van der Waals surface area contributed by atoms with Crippen molar-refractivity contribution in [2.24, 2.45) is 0 Å². The Labute approximate surface area is 122 Å². The van der Waals surface area contributed by atoms with Gasteiger partial charge in [-0.1, -0.05) is 40.2 Å². The highest BCUT2D eigenvalue weighted by atomic mass is 79.9. The van der Waals surface area contributed by atoms with Gasteiger partial charge in [0.2, 0.25) is 5.91 Å². The van der Waals surface area contributed by atoms with Crippen LogP contribution in [-0.4, -0.2) is 31.0 Å². The molecule has 2 atom stereocenters. The lowest BCUT2D eigenvalue weighted by Crippen LogP contribution is -2.36. The summed E-state index contributed by atoms with van der Waals surface area (Å²) < 4.78 is 5.04. The first-order chi connectivity index (χ1) is 9.22. The molecule has 0 aromatic heterocycles. The van der Waals surface area contributed by atoms with E-state index in [0.29, 0.717) is 13.2 Å². The first-order valence-corrected chi connectivity index (χ1v) is 7.62. The van der Waals surface area contributed by atoms with Crippen LogP contribution < -0.4 is 5.32 Å². The smallest absolute Gasteiger partial charge is 0.227 e. The van der Waals surface area contributed by atoms with Gasteiger partial charge in [-0.25, -0.2) is 0 Å². The minimum Gasteiger partial charge on any atom is -0.383 e. The summed E-state index contributed by atoms with van der Waals surface area (Å²) in [6.07, 6.45) is 3.12. The molecule has 1 N–H and O–H groups in total. The zero-order chi connectivity index (χ0) is 13.7. The van der Waals surface area contributed by atoms with E-state index in [1.54, 1.807) is 7.11 Å². The van der Waals surface area contributed by atoms with E-state index in [1.807, 2.05) is 12.1 Å². The summed E-state index contributed by atoms with van der Waals surface area (Å²) in [6, 6.07) is 8.28. The Morgan fingerprint density at radius 1 is 1.53 bits per heavy atom. The molecule has 0 saturated heterocycles. The molecule has 1 aromatic rings. The molecule has 0 radical (unpaired) electrons. The summed E-state index contributed by atoms with van der Waals surface area (Å²) in [7, 11) is 1.66. The number of alkyl halides is 1. The summed E-state index contributed by atoms with van der Waals surface area (Å²) in [5.74, 6) is 0.139. The third-order valence-corrected chi connectivity index (χ3v) is 4.12. The van der Waals surface area contributed by atoms with Crippen LogP contribution in [-0.2, 0) is 16.0 Å². The monoisotopic (exact) mass is 325 g/mol. The quantitative estimate of drug-likeness (QED) is 0.845. The van der Waals surface area contributed by atoms with Crippen LogP contribution in [0.5, 0.6) is 0 Å². The van der Waals surface area contributed by atoms with Crippen molar-refractivity contribution in [2.75, 3.05) is 20.3 Å². The number of nitrogens with one attached hydrogen (secondary N) is 1. The van der Waals surface area contributed by atoms with Crippen molar-refractivity contribution in [3.63, 3.8) is 0 Å². The normalized spacial score (nSPS) is 19.6. The van der Waals surface area contributed by atoms with Gasteiger partial charge in [-0.3, -0.25) is 4.79 Å². The van der Waals surface area contributed by atoms with E-state index >= 15 is 0 Å². The van der Waals surface area contributed by atoms with Gasteiger partial charge >= 0.3 is 0 Å². The van der Waals surface area contributed by atoms with Gasteiger partial charge in [-0.2, -0.15) is 0 Å². The molecule has 4 heteroatoms. The van der Waals surface area contributed by atoms with Crippen LogP contribution in [0, 0.1) is 0 Å². The molecule has 1 amide bonds. The summed E-state index contributed by atoms with van der Waals surface area (Å²) in [5.41, 5.74) is 2.52. The molecule has 2 unspecified atom stereocenters. The average Bonchev–Trinajstić information content (AvgIpc) is 2.44. The number of aryl methyl sites for hydroxylation is 1. The maximum atomic E-state index is 12.3. The van der Waals surface area contributed by atoms with E-state index in [9.17, 15) is 4.79 Å². The number of ether oxygens (including phenoxy) is 1. The number of hydrogen-bond acceptors (Lipinski definition) is 2. The maximum absolute atomic E-state index is 12.3. The Bertz CT molecular complexity index is 436. The van der Waals surface area contributed by atoms with Gasteiger partial charge in [-0.15, -0.1) is 0 Å². The Morgan fingerprint density at radius 3 is 3.11 bits per heavy atom. The summed E-state index contributed by atoms with van der Waals surface area (Å²) in [5, 5.41) is 3.01. The third-order valence-electron chi connectivity index (χ3n) is 3.53. The van der Waals surface area contributed by atoms with Crippen molar-refractivity contribution >= 4 is 21.8 Å². The van der Waals surface area contributed by atoms with Gasteiger partial charge in [0, 0.05) is 13.7 Å². The third kappa shape index (κ3) is 3.80. The molecule has 0 spiro atoms. The number of fused-ring (bicyclic) bond motifs is 1. The topological polar surface area (TPSA) is 38.3 Å². The predicted molar refractivity (Wildman–Crippen MR) is 79.7 cm³/mol. The number of hydrogen-bond donors (Lipinski definition) is 1. The maximum Gasteiger partial charge on any atom is 0.227 e. The first kappa shape index (κ1) is 14.5. The number of benzene rings is 1. The number of carbonyl (C=O) groups excluding carboxylic acids is 1. The fourth-order valence-corrected chi connectivity index (χ4v) is 3.03. The van der Waals surface area contributed by atoms with Crippen LogP contribution >= 0.6 is 15.9 Å². The van der Waals surface area contributed by atoms with E-state index in [2.05, 4.69) is 33.4 Å². The molecule has 3 nitrogen and oxygen atoms in total. The Balaban J connectivity index is 1.97. The minimum atomic E-state index is 0.00666. The molecular formula is C15H20BrNO2. The molecule has 19 heavy (non-hydrogen) atoms. The fraction of sp³-hybridized carbons (Fsp3) is 0.533. The molecule has 0 heterocycles. The van der Waals surface area contributed by atoms with Gasteiger partial charge in [0.25, 0.3) is 0 Å². The van der Waals surface area contributed by atoms with Crippen LogP contribution in [0.1, 0.15) is 29.9 Å². The molecule has 0 aliphatic heterocycles. The molecule has 2 rings (SSSR count). The number of halogens is 1. The SMILES string of the molecule is COCC(Br)CNC(=O)C1CCCc2ccccc21. The van der Waals surface area contributed by atoms with E-state index < -0.39 is 0 Å². The highest BCUT2D eigenvalue weighted by molar-refractivity contribution is 9.09. The lowest BCUT2D eigenvalue weighted by molar-refractivity contribution is -0.122. The number of amides is 1. The number of carbonyl (C=O) groups is 1. The Hall–Kier alpha value is -0.870. The van der Waals surface area contributed by atoms with Gasteiger partial charge in [0.15, 0.2) is 0 Å². The lowest BCUT2D eigenvalue weighted by Gasteiger charge is -2.25. The van der Waals surface area contributed by atoms with Crippen molar-refractivity contribution < 1.29 is 9.53 Å². The molecule has 0 bridgehead atoms. The summed E-state index contributed by atoms with van der Waals surface area (Å²) in [6.45, 7) is 1.20. The predicted octanol–water partition coefficient (Wildman–Crippen LogP) is 2.63. The molecule has 1 aliphatic rings. The highest BCUT2D eigenvalue weighted by Crippen LogP contribution is 2.31. The van der Waals surface area contributed by atoms with E-state index in [-0.39, 0.29) is 16.7 Å². The average molecular weight is 326 g/mol. The largest absolute Gasteiger partial charge is 0.383 e. The van der Waals surface area contributed by atoms with Crippen molar-refractivity contribution in [1.82, 2.24) is 5.32 Å². The van der Waals surface area contributed by atoms with Crippen LogP contribution in [0.2, 0.25) is 0 Å². The van der Waals surface area contributed by atoms with E-state index in [0.717, 1.165) is 19.3 Å². The Morgan fingerprint density at radius 2 is 2.32 bits per heavy atom. The lowest BCUT2D eigenvalue weighted by atomic mass is 9.82. The second kappa shape index (κ2) is 7.06. The second-order valence-corrected chi connectivity index (χ2v) is 6.24. The fourth-order valence-electron chi connectivity index (χ4n) is 2.60. The summed E-state index contributed by atoms with van der Waals surface area (Å²) >= 11 is 3.48. The zero-order valence-electron chi connectivity index (χ0n) is 11.2. The number of methoxy groups -OCH3 is 1. The van der Waals surface area contributed by atoms with Crippen molar-refractivity contribution in [2.45, 2.75) is 30.0 Å². The molecule has 1 aliphatic carbocycles. The van der Waals surface area contributed by atoms with Gasteiger partial charge < -0.3 is 10.1 Å². The van der Waals surface area contributed by atoms with Crippen LogP contribution in [0.15, 0.2) is 24.3 Å². The van der Waals surface area contributed by atoms with Crippen LogP contribution in [0.3, 0.4) is 0 Å². The highest BCUT2D eigenvalue weighted by Gasteiger charge is 2.26. The van der Waals surface area contributed by atoms with Gasteiger partial charge in [-0.05, 0) is 30.4 Å². The van der Waals surface area contributed by atoms with Crippen molar-refractivity contribution in [3.05, 3.63) is 35.4 Å². The van der Waals surface area contributed by atoms with Crippen molar-refractivity contribution in [1.29, 1.82) is 0 Å². The molecule has 0 saturated carbocycles. The molecule has 104 valence electrons. The minimum absolute atomic E-state index is 0.00666. The summed E-state index contributed by atoms with van der Waals surface area (Å²) in [4.78, 5) is 12.5. The Kier molecular flexibility index (Phi) is 5.40. The molecule has 1 aromatic carbocycles. The van der Waals surface area contributed by atoms with Crippen molar-refractivity contribution in [3.8, 4) is 0 Å². The molecule has 0 fully saturated rings. The van der Waals surface area contributed by atoms with Crippen LogP contribution in [0.25, 0.3) is 0 Å². The molecular weight excluding hydrogens is 306 g/mol. The van der Waals surface area contributed by atoms with Gasteiger partial charge in [0.1, 0.15) is 0 Å². The van der Waals surface area contributed by atoms with Crippen LogP contribution in [0.4, 0.5) is 0 Å². The zero-order valence-corrected chi connectivity index (χ0v) is 12.8. The second-order valence-electron chi connectivity index (χ2n) is 4.94. The number of rotatable bonds is 5. The van der Waals surface area contributed by atoms with E-state index in [1.165, 1.54) is 11.1 Å².